The van der Waals surface area contributed by atoms with E-state index in [0.29, 0.717) is 18.0 Å². The molecule has 0 aliphatic heterocycles. The van der Waals surface area contributed by atoms with E-state index in [9.17, 15) is 4.39 Å². The highest BCUT2D eigenvalue weighted by atomic mass is 19.1. The van der Waals surface area contributed by atoms with Crippen LogP contribution in [-0.2, 0) is 6.54 Å². The molecule has 21 heavy (non-hydrogen) atoms. The van der Waals surface area contributed by atoms with Crippen molar-refractivity contribution in [3.63, 3.8) is 0 Å². The Balaban J connectivity index is 2.90. The zero-order chi connectivity index (χ0) is 15.8. The van der Waals surface area contributed by atoms with Crippen LogP contribution >= 0.6 is 0 Å². The molecule has 0 bridgehead atoms. The third-order valence-corrected chi connectivity index (χ3v) is 3.97. The summed E-state index contributed by atoms with van der Waals surface area (Å²) in [7, 11) is 0. The second-order valence-electron chi connectivity index (χ2n) is 5.27. The first-order chi connectivity index (χ1) is 10.1. The van der Waals surface area contributed by atoms with Crippen molar-refractivity contribution >= 4 is 5.84 Å². The van der Waals surface area contributed by atoms with Gasteiger partial charge in [-0.1, -0.05) is 50.9 Å². The van der Waals surface area contributed by atoms with Gasteiger partial charge in [-0.05, 0) is 18.5 Å². The molecular weight excluding hydrogens is 269 g/mol. The molecule has 0 saturated carbocycles. The van der Waals surface area contributed by atoms with Crippen LogP contribution in [0, 0.1) is 11.7 Å². The summed E-state index contributed by atoms with van der Waals surface area (Å²) in [4.78, 5) is 2.23. The van der Waals surface area contributed by atoms with Gasteiger partial charge >= 0.3 is 0 Å². The van der Waals surface area contributed by atoms with Gasteiger partial charge in [-0.2, -0.15) is 0 Å². The number of hydrogen-bond donors (Lipinski definition) is 2. The molecule has 1 aromatic carbocycles. The van der Waals surface area contributed by atoms with Crippen LogP contribution in [0.25, 0.3) is 0 Å². The average Bonchev–Trinajstić information content (AvgIpc) is 2.52. The van der Waals surface area contributed by atoms with E-state index in [-0.39, 0.29) is 11.4 Å². The lowest BCUT2D eigenvalue weighted by molar-refractivity contribution is 0.223. The van der Waals surface area contributed by atoms with Crippen molar-refractivity contribution in [2.24, 2.45) is 16.8 Å². The fraction of sp³-hybridized carbons (Fsp3) is 0.562. The largest absolute Gasteiger partial charge is 0.409 e. The fourth-order valence-electron chi connectivity index (χ4n) is 2.41. The minimum atomic E-state index is -0.407. The molecule has 1 rings (SSSR count). The van der Waals surface area contributed by atoms with Crippen LogP contribution in [-0.4, -0.2) is 29.0 Å². The summed E-state index contributed by atoms with van der Waals surface area (Å²) in [6, 6.07) is 5.00. The van der Waals surface area contributed by atoms with Crippen molar-refractivity contribution in [1.29, 1.82) is 0 Å². The Hall–Kier alpha value is -1.62. The number of benzene rings is 1. The predicted molar refractivity (Wildman–Crippen MR) is 83.9 cm³/mol. The number of oxime groups is 1. The van der Waals surface area contributed by atoms with Crippen molar-refractivity contribution in [1.82, 2.24) is 4.90 Å². The summed E-state index contributed by atoms with van der Waals surface area (Å²) >= 11 is 0. The summed E-state index contributed by atoms with van der Waals surface area (Å²) in [6.07, 6.45) is 2.25. The first-order valence-corrected chi connectivity index (χ1v) is 7.54. The summed E-state index contributed by atoms with van der Waals surface area (Å²) in [5.74, 6) is 0.0217. The number of amidine groups is 1. The molecule has 0 radical (unpaired) electrons. The molecule has 0 aromatic heterocycles. The minimum Gasteiger partial charge on any atom is -0.409 e. The van der Waals surface area contributed by atoms with Gasteiger partial charge in [0.15, 0.2) is 5.84 Å². The predicted octanol–water partition coefficient (Wildman–Crippen LogP) is 3.18. The Bertz CT molecular complexity index is 473. The van der Waals surface area contributed by atoms with Gasteiger partial charge in [0.25, 0.3) is 0 Å². The molecular formula is C16H26FN3O. The maximum atomic E-state index is 14.4. The number of nitrogens with two attached hydrogens (primary N) is 1. The average molecular weight is 295 g/mol. The molecule has 0 heterocycles. The third kappa shape index (κ3) is 4.70. The number of halogens is 1. The molecule has 118 valence electrons. The van der Waals surface area contributed by atoms with Gasteiger partial charge in [-0.15, -0.1) is 0 Å². The molecule has 0 unspecified atom stereocenters. The Morgan fingerprint density at radius 1 is 1.33 bits per heavy atom. The Morgan fingerprint density at radius 3 is 2.52 bits per heavy atom. The minimum absolute atomic E-state index is 0.147. The smallest absolute Gasteiger partial charge is 0.173 e. The first kappa shape index (κ1) is 17.4. The van der Waals surface area contributed by atoms with Crippen LogP contribution in [0.4, 0.5) is 4.39 Å². The van der Waals surface area contributed by atoms with Crippen LogP contribution in [0.1, 0.15) is 44.7 Å². The van der Waals surface area contributed by atoms with Crippen LogP contribution in [0.5, 0.6) is 0 Å². The lowest BCUT2D eigenvalue weighted by Gasteiger charge is -2.25. The van der Waals surface area contributed by atoms with Crippen molar-refractivity contribution in [3.8, 4) is 0 Å². The molecule has 5 heteroatoms. The van der Waals surface area contributed by atoms with E-state index in [4.69, 9.17) is 10.9 Å². The molecule has 0 aliphatic carbocycles. The second-order valence-corrected chi connectivity index (χ2v) is 5.27. The number of nitrogens with zero attached hydrogens (tertiary/aromatic N) is 2. The number of hydrogen-bond acceptors (Lipinski definition) is 3. The molecule has 0 atom stereocenters. The normalized spacial score (nSPS) is 12.4. The van der Waals surface area contributed by atoms with Gasteiger partial charge in [-0.3, -0.25) is 4.90 Å². The van der Waals surface area contributed by atoms with Crippen LogP contribution in [0.2, 0.25) is 0 Å². The quantitative estimate of drug-likeness (QED) is 0.335. The van der Waals surface area contributed by atoms with Crippen molar-refractivity contribution in [3.05, 3.63) is 35.1 Å². The van der Waals surface area contributed by atoms with E-state index in [1.54, 1.807) is 12.1 Å². The van der Waals surface area contributed by atoms with Gasteiger partial charge in [0.05, 0.1) is 5.56 Å². The van der Waals surface area contributed by atoms with Gasteiger partial charge in [0.2, 0.25) is 0 Å². The summed E-state index contributed by atoms with van der Waals surface area (Å²) < 4.78 is 14.4. The first-order valence-electron chi connectivity index (χ1n) is 7.54. The summed E-state index contributed by atoms with van der Waals surface area (Å²) in [5.41, 5.74) is 6.22. The molecule has 0 fully saturated rings. The van der Waals surface area contributed by atoms with E-state index in [2.05, 4.69) is 30.8 Å². The lowest BCUT2D eigenvalue weighted by Crippen LogP contribution is -2.29. The van der Waals surface area contributed by atoms with Crippen LogP contribution in [0.15, 0.2) is 23.4 Å². The molecule has 0 aliphatic rings. The fourth-order valence-corrected chi connectivity index (χ4v) is 2.41. The molecule has 0 saturated heterocycles. The summed E-state index contributed by atoms with van der Waals surface area (Å²) in [5, 5.41) is 11.6. The lowest BCUT2D eigenvalue weighted by atomic mass is 10.0. The molecule has 1 aromatic rings. The maximum absolute atomic E-state index is 14.4. The monoisotopic (exact) mass is 295 g/mol. The maximum Gasteiger partial charge on any atom is 0.173 e. The highest BCUT2D eigenvalue weighted by Gasteiger charge is 2.15. The Labute approximate surface area is 126 Å². The van der Waals surface area contributed by atoms with E-state index in [0.717, 1.165) is 25.9 Å². The number of rotatable bonds is 8. The molecule has 3 N–H and O–H groups in total. The van der Waals surface area contributed by atoms with E-state index < -0.39 is 5.82 Å². The van der Waals surface area contributed by atoms with Gasteiger partial charge < -0.3 is 10.9 Å². The van der Waals surface area contributed by atoms with Crippen LogP contribution in [0.3, 0.4) is 0 Å². The third-order valence-electron chi connectivity index (χ3n) is 3.97. The second kappa shape index (κ2) is 8.62. The van der Waals surface area contributed by atoms with Gasteiger partial charge in [0, 0.05) is 18.7 Å². The molecule has 0 amide bonds. The van der Waals surface area contributed by atoms with E-state index >= 15 is 0 Å². The zero-order valence-electron chi connectivity index (χ0n) is 13.1. The van der Waals surface area contributed by atoms with Crippen molar-refractivity contribution in [2.45, 2.75) is 40.2 Å². The van der Waals surface area contributed by atoms with Gasteiger partial charge in [-0.25, -0.2) is 4.39 Å². The van der Waals surface area contributed by atoms with E-state index in [1.165, 1.54) is 6.07 Å². The van der Waals surface area contributed by atoms with Crippen LogP contribution < -0.4 is 5.73 Å². The van der Waals surface area contributed by atoms with Crippen molar-refractivity contribution in [2.75, 3.05) is 13.1 Å². The van der Waals surface area contributed by atoms with Gasteiger partial charge in [0.1, 0.15) is 5.82 Å². The topological polar surface area (TPSA) is 61.8 Å². The SMILES string of the molecule is CCC(CC)CN(CC)Cc1cccc(/C(N)=N/O)c1F. The highest BCUT2D eigenvalue weighted by Crippen LogP contribution is 2.17. The van der Waals surface area contributed by atoms with Crippen molar-refractivity contribution < 1.29 is 9.60 Å². The molecule has 4 nitrogen and oxygen atoms in total. The standard InChI is InChI=1S/C16H26FN3O/c1-4-12(5-2)10-20(6-3)11-13-8-7-9-14(15(13)17)16(18)19-21/h7-9,12,21H,4-6,10-11H2,1-3H3,(H2,18,19). The van der Waals surface area contributed by atoms with E-state index in [1.807, 2.05) is 0 Å². The summed E-state index contributed by atoms with van der Waals surface area (Å²) in [6.45, 7) is 8.79. The Kier molecular flexibility index (Phi) is 7.15. The Morgan fingerprint density at radius 2 is 2.00 bits per heavy atom. The highest BCUT2D eigenvalue weighted by molar-refractivity contribution is 5.97. The zero-order valence-corrected chi connectivity index (χ0v) is 13.1. The molecule has 0 spiro atoms.